The van der Waals surface area contributed by atoms with Crippen molar-refractivity contribution in [3.63, 3.8) is 0 Å². The van der Waals surface area contributed by atoms with Gasteiger partial charge in [-0.1, -0.05) is 6.92 Å². The minimum absolute atomic E-state index is 0.0394. The number of rotatable bonds is 2. The summed E-state index contributed by atoms with van der Waals surface area (Å²) in [5.41, 5.74) is 1.35. The summed E-state index contributed by atoms with van der Waals surface area (Å²) >= 11 is 0. The summed E-state index contributed by atoms with van der Waals surface area (Å²) in [4.78, 5) is 25.4. The topological polar surface area (TPSA) is 49.3 Å². The number of hydrogen-bond donors (Lipinski definition) is 0. The Kier molecular flexibility index (Phi) is 3.60. The first-order chi connectivity index (χ1) is 9.79. The largest absolute Gasteiger partial charge is 0.336 e. The summed E-state index contributed by atoms with van der Waals surface area (Å²) in [6.45, 7) is 6.61. The van der Waals surface area contributed by atoms with Crippen molar-refractivity contribution in [1.82, 2.24) is 19.8 Å². The van der Waals surface area contributed by atoms with Gasteiger partial charge >= 0.3 is 0 Å². The lowest BCUT2D eigenvalue weighted by Crippen LogP contribution is -2.48. The molecule has 3 heterocycles. The SMILES string of the molecule is CCN1CCN(C(=O)c2cncc3cccnc23)CC1. The lowest BCUT2D eigenvalue weighted by atomic mass is 10.1. The number of nitrogens with zero attached hydrogens (tertiary/aromatic N) is 4. The van der Waals surface area contributed by atoms with E-state index in [1.165, 1.54) is 0 Å². The van der Waals surface area contributed by atoms with E-state index in [9.17, 15) is 4.79 Å². The molecule has 1 amide bonds. The van der Waals surface area contributed by atoms with Crippen molar-refractivity contribution in [2.45, 2.75) is 6.92 Å². The van der Waals surface area contributed by atoms with Crippen molar-refractivity contribution in [3.8, 4) is 0 Å². The molecule has 1 fully saturated rings. The third-order valence-corrected chi connectivity index (χ3v) is 3.85. The number of pyridine rings is 2. The van der Waals surface area contributed by atoms with Gasteiger partial charge in [-0.25, -0.2) is 0 Å². The van der Waals surface area contributed by atoms with Crippen LogP contribution in [0.5, 0.6) is 0 Å². The summed E-state index contributed by atoms with van der Waals surface area (Å²) in [5, 5.41) is 0.908. The minimum atomic E-state index is 0.0394. The van der Waals surface area contributed by atoms with Gasteiger partial charge in [-0.15, -0.1) is 0 Å². The molecule has 1 saturated heterocycles. The molecule has 5 heteroatoms. The van der Waals surface area contributed by atoms with Crippen molar-refractivity contribution in [2.24, 2.45) is 0 Å². The van der Waals surface area contributed by atoms with E-state index in [-0.39, 0.29) is 5.91 Å². The summed E-state index contributed by atoms with van der Waals surface area (Å²) < 4.78 is 0. The standard InChI is InChI=1S/C15H18N4O/c1-2-18-6-8-19(9-7-18)15(20)13-11-16-10-12-4-3-5-17-14(12)13/h3-5,10-11H,2,6-9H2,1H3. The number of carbonyl (C=O) groups excluding carboxylic acids is 1. The van der Waals surface area contributed by atoms with Crippen molar-refractivity contribution in [1.29, 1.82) is 0 Å². The maximum Gasteiger partial charge on any atom is 0.257 e. The van der Waals surface area contributed by atoms with Crippen molar-refractivity contribution >= 4 is 16.8 Å². The van der Waals surface area contributed by atoms with Crippen LogP contribution in [-0.4, -0.2) is 58.4 Å². The van der Waals surface area contributed by atoms with Gasteiger partial charge in [-0.3, -0.25) is 14.8 Å². The number of hydrogen-bond acceptors (Lipinski definition) is 4. The second kappa shape index (κ2) is 5.54. The zero-order valence-electron chi connectivity index (χ0n) is 11.6. The Balaban J connectivity index is 1.86. The fourth-order valence-electron chi connectivity index (χ4n) is 2.59. The van der Waals surface area contributed by atoms with E-state index in [0.29, 0.717) is 5.56 Å². The molecule has 0 N–H and O–H groups in total. The normalized spacial score (nSPS) is 16.6. The fourth-order valence-corrected chi connectivity index (χ4v) is 2.59. The van der Waals surface area contributed by atoms with Crippen LogP contribution in [0, 0.1) is 0 Å². The molecule has 0 aliphatic carbocycles. The highest BCUT2D eigenvalue weighted by atomic mass is 16.2. The van der Waals surface area contributed by atoms with Crippen LogP contribution >= 0.6 is 0 Å². The third-order valence-electron chi connectivity index (χ3n) is 3.85. The van der Waals surface area contributed by atoms with E-state index in [1.807, 2.05) is 17.0 Å². The van der Waals surface area contributed by atoms with Gasteiger partial charge < -0.3 is 9.80 Å². The second-order valence-corrected chi connectivity index (χ2v) is 4.99. The van der Waals surface area contributed by atoms with Gasteiger partial charge in [0.1, 0.15) is 0 Å². The summed E-state index contributed by atoms with van der Waals surface area (Å²) in [6.07, 6.45) is 5.09. The molecule has 0 bridgehead atoms. The molecule has 2 aromatic heterocycles. The monoisotopic (exact) mass is 270 g/mol. The van der Waals surface area contributed by atoms with Crippen molar-refractivity contribution in [3.05, 3.63) is 36.3 Å². The van der Waals surface area contributed by atoms with Gasteiger partial charge in [-0.05, 0) is 18.7 Å². The Morgan fingerprint density at radius 1 is 1.25 bits per heavy atom. The predicted octanol–water partition coefficient (Wildman–Crippen LogP) is 1.41. The van der Waals surface area contributed by atoms with Crippen LogP contribution in [0.25, 0.3) is 10.9 Å². The minimum Gasteiger partial charge on any atom is -0.336 e. The van der Waals surface area contributed by atoms with Crippen LogP contribution in [-0.2, 0) is 0 Å². The molecule has 0 atom stereocenters. The van der Waals surface area contributed by atoms with E-state index in [0.717, 1.165) is 43.6 Å². The first-order valence-corrected chi connectivity index (χ1v) is 7.00. The molecule has 0 unspecified atom stereocenters. The van der Waals surface area contributed by atoms with Crippen LogP contribution in [0.1, 0.15) is 17.3 Å². The molecule has 0 saturated carbocycles. The number of fused-ring (bicyclic) bond motifs is 1. The molecule has 0 radical (unpaired) electrons. The van der Waals surface area contributed by atoms with Gasteiger partial charge in [0.05, 0.1) is 11.1 Å². The zero-order chi connectivity index (χ0) is 13.9. The highest BCUT2D eigenvalue weighted by molar-refractivity contribution is 6.04. The Morgan fingerprint density at radius 3 is 2.80 bits per heavy atom. The molecule has 1 aliphatic heterocycles. The highest BCUT2D eigenvalue weighted by Gasteiger charge is 2.23. The molecular formula is C15H18N4O. The molecule has 104 valence electrons. The van der Waals surface area contributed by atoms with Gasteiger partial charge in [0.15, 0.2) is 0 Å². The van der Waals surface area contributed by atoms with Gasteiger partial charge in [0, 0.05) is 50.2 Å². The molecule has 3 rings (SSSR count). The van der Waals surface area contributed by atoms with E-state index in [1.54, 1.807) is 18.6 Å². The number of aromatic nitrogens is 2. The van der Waals surface area contributed by atoms with Crippen LogP contribution in [0.4, 0.5) is 0 Å². The molecule has 1 aliphatic rings. The molecule has 2 aromatic rings. The average molecular weight is 270 g/mol. The number of carbonyl (C=O) groups is 1. The lowest BCUT2D eigenvalue weighted by molar-refractivity contribution is 0.0645. The Labute approximate surface area is 118 Å². The van der Waals surface area contributed by atoms with E-state index >= 15 is 0 Å². The first kappa shape index (κ1) is 13.0. The van der Waals surface area contributed by atoms with Crippen molar-refractivity contribution < 1.29 is 4.79 Å². The molecule has 20 heavy (non-hydrogen) atoms. The zero-order valence-corrected chi connectivity index (χ0v) is 11.6. The summed E-state index contributed by atoms with van der Waals surface area (Å²) in [7, 11) is 0. The number of piperazine rings is 1. The van der Waals surface area contributed by atoms with Crippen molar-refractivity contribution in [2.75, 3.05) is 32.7 Å². The predicted molar refractivity (Wildman–Crippen MR) is 77.6 cm³/mol. The number of amides is 1. The Morgan fingerprint density at radius 2 is 2.05 bits per heavy atom. The van der Waals surface area contributed by atoms with Gasteiger partial charge in [0.2, 0.25) is 0 Å². The second-order valence-electron chi connectivity index (χ2n) is 4.99. The molecule has 0 aromatic carbocycles. The summed E-state index contributed by atoms with van der Waals surface area (Å²) in [5.74, 6) is 0.0394. The Hall–Kier alpha value is -2.01. The van der Waals surface area contributed by atoms with E-state index < -0.39 is 0 Å². The Bertz CT molecular complexity index is 615. The van der Waals surface area contributed by atoms with Crippen LogP contribution < -0.4 is 0 Å². The summed E-state index contributed by atoms with van der Waals surface area (Å²) in [6, 6.07) is 3.79. The van der Waals surface area contributed by atoms with E-state index in [4.69, 9.17) is 0 Å². The molecule has 0 spiro atoms. The molecular weight excluding hydrogens is 252 g/mol. The number of likely N-dealkylation sites (N-methyl/N-ethyl adjacent to an activating group) is 1. The van der Waals surface area contributed by atoms with Crippen LogP contribution in [0.15, 0.2) is 30.7 Å². The lowest BCUT2D eigenvalue weighted by Gasteiger charge is -2.34. The van der Waals surface area contributed by atoms with Crippen LogP contribution in [0.2, 0.25) is 0 Å². The third kappa shape index (κ3) is 2.36. The highest BCUT2D eigenvalue weighted by Crippen LogP contribution is 2.17. The maximum atomic E-state index is 12.6. The fraction of sp³-hybridized carbons (Fsp3) is 0.400. The molecule has 5 nitrogen and oxygen atoms in total. The first-order valence-electron chi connectivity index (χ1n) is 7.00. The van der Waals surface area contributed by atoms with Crippen LogP contribution in [0.3, 0.4) is 0 Å². The maximum absolute atomic E-state index is 12.6. The van der Waals surface area contributed by atoms with Gasteiger partial charge in [0.25, 0.3) is 5.91 Å². The quantitative estimate of drug-likeness (QED) is 0.828. The smallest absolute Gasteiger partial charge is 0.257 e. The van der Waals surface area contributed by atoms with Gasteiger partial charge in [-0.2, -0.15) is 0 Å². The average Bonchev–Trinajstić information content (AvgIpc) is 2.54. The van der Waals surface area contributed by atoms with E-state index in [2.05, 4.69) is 21.8 Å².